The third-order valence-electron chi connectivity index (χ3n) is 7.07. The highest BCUT2D eigenvalue weighted by Gasteiger charge is 2.57. The molecule has 1 aromatic rings. The fourth-order valence-electron chi connectivity index (χ4n) is 5.96. The summed E-state index contributed by atoms with van der Waals surface area (Å²) in [6.07, 6.45) is 6.18. The van der Waals surface area contributed by atoms with Gasteiger partial charge in [0.2, 0.25) is 10.0 Å². The van der Waals surface area contributed by atoms with Gasteiger partial charge in [0, 0.05) is 13.7 Å². The van der Waals surface area contributed by atoms with Crippen molar-refractivity contribution in [3.63, 3.8) is 0 Å². The molecule has 25 heavy (non-hydrogen) atoms. The fraction of sp³-hybridized carbons (Fsp3) is 0.700. The molecule has 0 spiro atoms. The molecule has 0 aliphatic heterocycles. The summed E-state index contributed by atoms with van der Waals surface area (Å²) >= 11 is 0. The van der Waals surface area contributed by atoms with Crippen molar-refractivity contribution in [2.75, 3.05) is 13.7 Å². The number of methoxy groups -OCH3 is 1. The summed E-state index contributed by atoms with van der Waals surface area (Å²) in [7, 11) is -1.75. The molecule has 138 valence electrons. The smallest absolute Gasteiger partial charge is 0.240 e. The van der Waals surface area contributed by atoms with Crippen molar-refractivity contribution >= 4 is 10.0 Å². The number of hydrogen-bond donors (Lipinski definition) is 1. The van der Waals surface area contributed by atoms with E-state index in [1.54, 1.807) is 13.2 Å². The molecule has 1 aromatic carbocycles. The zero-order valence-electron chi connectivity index (χ0n) is 15.4. The zero-order chi connectivity index (χ0) is 17.8. The molecule has 4 fully saturated rings. The maximum Gasteiger partial charge on any atom is 0.240 e. The van der Waals surface area contributed by atoms with Crippen molar-refractivity contribution in [1.29, 1.82) is 0 Å². The molecule has 0 heterocycles. The van der Waals surface area contributed by atoms with E-state index in [1.807, 2.05) is 26.0 Å². The Morgan fingerprint density at radius 3 is 2.24 bits per heavy atom. The molecular weight excluding hydrogens is 334 g/mol. The normalized spacial score (nSPS) is 36.8. The van der Waals surface area contributed by atoms with E-state index in [0.29, 0.717) is 23.3 Å². The van der Waals surface area contributed by atoms with Gasteiger partial charge in [-0.2, -0.15) is 0 Å². The molecule has 0 amide bonds. The van der Waals surface area contributed by atoms with E-state index < -0.39 is 10.0 Å². The molecule has 4 saturated carbocycles. The minimum Gasteiger partial charge on any atom is -0.376 e. The van der Waals surface area contributed by atoms with Gasteiger partial charge in [0.15, 0.2) is 0 Å². The molecule has 0 saturated heterocycles. The van der Waals surface area contributed by atoms with Crippen LogP contribution in [-0.4, -0.2) is 27.7 Å². The van der Waals surface area contributed by atoms with Crippen molar-refractivity contribution < 1.29 is 13.2 Å². The van der Waals surface area contributed by atoms with Gasteiger partial charge in [0.1, 0.15) is 0 Å². The van der Waals surface area contributed by atoms with Crippen LogP contribution in [0.2, 0.25) is 0 Å². The highest BCUT2D eigenvalue weighted by molar-refractivity contribution is 7.89. The van der Waals surface area contributed by atoms with Crippen LogP contribution in [0.3, 0.4) is 0 Å². The van der Waals surface area contributed by atoms with Gasteiger partial charge in [-0.05, 0) is 86.8 Å². The van der Waals surface area contributed by atoms with E-state index in [-0.39, 0.29) is 5.60 Å². The van der Waals surface area contributed by atoms with Crippen molar-refractivity contribution in [3.05, 3.63) is 29.3 Å². The number of aryl methyl sites for hydroxylation is 2. The maximum absolute atomic E-state index is 12.9. The fourth-order valence-corrected chi connectivity index (χ4v) is 7.36. The predicted molar refractivity (Wildman–Crippen MR) is 97.9 cm³/mol. The second-order valence-corrected chi connectivity index (χ2v) is 10.3. The lowest BCUT2D eigenvalue weighted by Gasteiger charge is -2.60. The van der Waals surface area contributed by atoms with Crippen LogP contribution in [0.1, 0.15) is 43.2 Å². The van der Waals surface area contributed by atoms with Gasteiger partial charge in [-0.3, -0.25) is 0 Å². The van der Waals surface area contributed by atoms with E-state index in [1.165, 1.54) is 32.1 Å². The van der Waals surface area contributed by atoms with E-state index >= 15 is 0 Å². The number of nitrogens with one attached hydrogen (secondary N) is 1. The van der Waals surface area contributed by atoms with Crippen LogP contribution in [-0.2, 0) is 14.8 Å². The van der Waals surface area contributed by atoms with Gasteiger partial charge in [0.25, 0.3) is 0 Å². The zero-order valence-corrected chi connectivity index (χ0v) is 16.2. The van der Waals surface area contributed by atoms with Gasteiger partial charge in [0.05, 0.1) is 10.5 Å². The number of rotatable bonds is 5. The van der Waals surface area contributed by atoms with E-state index in [0.717, 1.165) is 23.0 Å². The Morgan fingerprint density at radius 1 is 1.08 bits per heavy atom. The number of sulfonamides is 1. The molecule has 0 atom stereocenters. The second-order valence-electron chi connectivity index (χ2n) is 8.56. The minimum atomic E-state index is -3.52. The Morgan fingerprint density at radius 2 is 1.68 bits per heavy atom. The Balaban J connectivity index is 1.58. The Hall–Kier alpha value is -0.910. The molecule has 0 aromatic heterocycles. The molecule has 5 heteroatoms. The molecule has 0 unspecified atom stereocenters. The first kappa shape index (κ1) is 17.5. The molecule has 5 rings (SSSR count). The SMILES string of the molecule is COC1(CNS(=O)(=O)c2cc(C)ccc2C)C2CC3CC(C2)CC1C3. The van der Waals surface area contributed by atoms with Crippen LogP contribution in [0.25, 0.3) is 0 Å². The van der Waals surface area contributed by atoms with E-state index in [2.05, 4.69) is 4.72 Å². The van der Waals surface area contributed by atoms with E-state index in [9.17, 15) is 8.42 Å². The first-order valence-electron chi connectivity index (χ1n) is 9.46. The van der Waals surface area contributed by atoms with Gasteiger partial charge in [-0.15, -0.1) is 0 Å². The van der Waals surface area contributed by atoms with Gasteiger partial charge in [-0.25, -0.2) is 13.1 Å². The van der Waals surface area contributed by atoms with E-state index in [4.69, 9.17) is 4.74 Å². The maximum atomic E-state index is 12.9. The van der Waals surface area contributed by atoms with Crippen LogP contribution in [0.15, 0.2) is 23.1 Å². The predicted octanol–water partition coefficient (Wildman–Crippen LogP) is 3.42. The lowest BCUT2D eigenvalue weighted by atomic mass is 9.50. The average Bonchev–Trinajstić information content (AvgIpc) is 2.56. The molecule has 4 nitrogen and oxygen atoms in total. The van der Waals surface area contributed by atoms with Gasteiger partial charge in [-0.1, -0.05) is 12.1 Å². The van der Waals surface area contributed by atoms with Crippen LogP contribution >= 0.6 is 0 Å². The molecular formula is C20H29NO3S. The lowest BCUT2D eigenvalue weighted by molar-refractivity contribution is -0.185. The second kappa shape index (κ2) is 6.07. The Bertz CT molecular complexity index is 743. The third-order valence-corrected chi connectivity index (χ3v) is 8.62. The highest BCUT2D eigenvalue weighted by Crippen LogP contribution is 2.59. The largest absolute Gasteiger partial charge is 0.376 e. The van der Waals surface area contributed by atoms with Crippen LogP contribution in [0, 0.1) is 37.5 Å². The molecule has 4 bridgehead atoms. The first-order chi connectivity index (χ1) is 11.8. The number of ether oxygens (including phenoxy) is 1. The summed E-state index contributed by atoms with van der Waals surface area (Å²) in [4.78, 5) is 0.391. The number of benzene rings is 1. The Labute approximate surface area is 151 Å². The molecule has 1 N–H and O–H groups in total. The molecule has 4 aliphatic rings. The van der Waals surface area contributed by atoms with Crippen molar-refractivity contribution in [3.8, 4) is 0 Å². The third kappa shape index (κ3) is 2.84. The molecule has 0 radical (unpaired) electrons. The van der Waals surface area contributed by atoms with Crippen molar-refractivity contribution in [1.82, 2.24) is 4.72 Å². The quantitative estimate of drug-likeness (QED) is 0.872. The monoisotopic (exact) mass is 363 g/mol. The summed E-state index contributed by atoms with van der Waals surface area (Å²) in [6, 6.07) is 5.58. The summed E-state index contributed by atoms with van der Waals surface area (Å²) in [5.41, 5.74) is 1.43. The highest BCUT2D eigenvalue weighted by atomic mass is 32.2. The van der Waals surface area contributed by atoms with Crippen LogP contribution in [0.5, 0.6) is 0 Å². The minimum absolute atomic E-state index is 0.321. The first-order valence-corrected chi connectivity index (χ1v) is 10.9. The van der Waals surface area contributed by atoms with Crippen LogP contribution < -0.4 is 4.72 Å². The summed E-state index contributed by atoms with van der Waals surface area (Å²) in [6.45, 7) is 4.17. The standard InChI is InChI=1S/C20H29NO3S/c1-13-4-5-14(2)19(6-13)25(22,23)21-12-20(24-3)17-8-15-7-16(10-17)11-18(20)9-15/h4-6,15-18,21H,7-12H2,1-3H3. The topological polar surface area (TPSA) is 55.4 Å². The Kier molecular flexibility index (Phi) is 4.25. The van der Waals surface area contributed by atoms with Gasteiger partial charge >= 0.3 is 0 Å². The lowest BCUT2D eigenvalue weighted by Crippen LogP contribution is -2.63. The van der Waals surface area contributed by atoms with Crippen molar-refractivity contribution in [2.45, 2.75) is 56.4 Å². The molecule has 4 aliphatic carbocycles. The van der Waals surface area contributed by atoms with Crippen LogP contribution in [0.4, 0.5) is 0 Å². The number of hydrogen-bond acceptors (Lipinski definition) is 3. The average molecular weight is 364 g/mol. The summed E-state index contributed by atoms with van der Waals surface area (Å²) in [5, 5.41) is 0. The summed E-state index contributed by atoms with van der Waals surface area (Å²) in [5.74, 6) is 2.66. The van der Waals surface area contributed by atoms with Gasteiger partial charge < -0.3 is 4.74 Å². The van der Waals surface area contributed by atoms with Crippen molar-refractivity contribution in [2.24, 2.45) is 23.7 Å². The summed E-state index contributed by atoms with van der Waals surface area (Å²) < 4.78 is 34.8.